The van der Waals surface area contributed by atoms with Crippen LogP contribution in [0.3, 0.4) is 0 Å². The predicted molar refractivity (Wildman–Crippen MR) is 70.8 cm³/mol. The minimum Gasteiger partial charge on any atom is -0.379 e. The molecule has 19 heavy (non-hydrogen) atoms. The quantitative estimate of drug-likeness (QED) is 0.862. The molecule has 0 unspecified atom stereocenters. The topological polar surface area (TPSA) is 51.4 Å². The molecule has 0 bridgehead atoms. The summed E-state index contributed by atoms with van der Waals surface area (Å²) in [4.78, 5) is 6.62. The van der Waals surface area contributed by atoms with Crippen LogP contribution >= 0.6 is 11.6 Å². The van der Waals surface area contributed by atoms with Gasteiger partial charge in [-0.25, -0.2) is 0 Å². The molecule has 1 aliphatic rings. The molecule has 1 saturated heterocycles. The maximum atomic E-state index is 6.11. The molecule has 1 fully saturated rings. The van der Waals surface area contributed by atoms with Gasteiger partial charge in [0.2, 0.25) is 11.7 Å². The lowest BCUT2D eigenvalue weighted by Gasteiger charge is -2.24. The number of ether oxygens (including phenoxy) is 1. The molecule has 100 valence electrons. The summed E-state index contributed by atoms with van der Waals surface area (Å²) in [7, 11) is 0. The van der Waals surface area contributed by atoms with Crippen LogP contribution in [-0.4, -0.2) is 41.3 Å². The molecular weight excluding hydrogens is 266 g/mol. The Bertz CT molecular complexity index is 552. The van der Waals surface area contributed by atoms with Gasteiger partial charge in [-0.3, -0.25) is 4.90 Å². The Kier molecular flexibility index (Phi) is 3.77. The lowest BCUT2D eigenvalue weighted by atomic mass is 10.2. The highest BCUT2D eigenvalue weighted by molar-refractivity contribution is 6.33. The van der Waals surface area contributed by atoms with Crippen molar-refractivity contribution >= 4 is 11.6 Å². The number of aromatic nitrogens is 2. The molecular formula is C13H14ClN3O2. The summed E-state index contributed by atoms with van der Waals surface area (Å²) in [6.07, 6.45) is 0. The van der Waals surface area contributed by atoms with Crippen LogP contribution in [0.5, 0.6) is 0 Å². The van der Waals surface area contributed by atoms with Crippen molar-refractivity contribution < 1.29 is 9.26 Å². The van der Waals surface area contributed by atoms with Gasteiger partial charge in [-0.05, 0) is 12.1 Å². The van der Waals surface area contributed by atoms with Gasteiger partial charge in [-0.15, -0.1) is 0 Å². The van der Waals surface area contributed by atoms with Gasteiger partial charge in [-0.1, -0.05) is 28.9 Å². The third-order valence-electron chi connectivity index (χ3n) is 3.05. The summed E-state index contributed by atoms with van der Waals surface area (Å²) >= 11 is 6.11. The van der Waals surface area contributed by atoms with E-state index in [1.807, 2.05) is 24.3 Å². The van der Waals surface area contributed by atoms with Gasteiger partial charge in [0, 0.05) is 18.7 Å². The largest absolute Gasteiger partial charge is 0.379 e. The molecule has 0 atom stereocenters. The summed E-state index contributed by atoms with van der Waals surface area (Å²) in [6, 6.07) is 7.47. The number of hydrogen-bond donors (Lipinski definition) is 0. The van der Waals surface area contributed by atoms with Crippen molar-refractivity contribution in [2.45, 2.75) is 6.54 Å². The summed E-state index contributed by atoms with van der Waals surface area (Å²) < 4.78 is 10.6. The zero-order chi connectivity index (χ0) is 13.1. The SMILES string of the molecule is Clc1ccccc1-c1noc(CN2CCOCC2)n1. The Morgan fingerprint density at radius 2 is 2.00 bits per heavy atom. The average molecular weight is 280 g/mol. The van der Waals surface area contributed by atoms with Crippen LogP contribution in [0, 0.1) is 0 Å². The van der Waals surface area contributed by atoms with Gasteiger partial charge in [0.15, 0.2) is 0 Å². The Morgan fingerprint density at radius 1 is 1.21 bits per heavy atom. The Morgan fingerprint density at radius 3 is 2.79 bits per heavy atom. The van der Waals surface area contributed by atoms with Crippen LogP contribution in [0.25, 0.3) is 11.4 Å². The molecule has 3 rings (SSSR count). The lowest BCUT2D eigenvalue weighted by Crippen LogP contribution is -2.35. The molecule has 1 aliphatic heterocycles. The first-order valence-electron chi connectivity index (χ1n) is 6.20. The maximum absolute atomic E-state index is 6.11. The Hall–Kier alpha value is -1.43. The third kappa shape index (κ3) is 2.94. The molecule has 5 nitrogen and oxygen atoms in total. The summed E-state index contributed by atoms with van der Waals surface area (Å²) in [5.74, 6) is 1.14. The normalized spacial score (nSPS) is 16.7. The standard InChI is InChI=1S/C13H14ClN3O2/c14-11-4-2-1-3-10(11)13-15-12(19-16-13)9-17-5-7-18-8-6-17/h1-4H,5-9H2. The van der Waals surface area contributed by atoms with Crippen LogP contribution in [-0.2, 0) is 11.3 Å². The zero-order valence-corrected chi connectivity index (χ0v) is 11.1. The van der Waals surface area contributed by atoms with Crippen molar-refractivity contribution in [2.24, 2.45) is 0 Å². The molecule has 0 aliphatic carbocycles. The van der Waals surface area contributed by atoms with Crippen LogP contribution in [0.15, 0.2) is 28.8 Å². The molecule has 0 amide bonds. The van der Waals surface area contributed by atoms with E-state index in [-0.39, 0.29) is 0 Å². The van der Waals surface area contributed by atoms with Crippen molar-refractivity contribution in [3.05, 3.63) is 35.2 Å². The van der Waals surface area contributed by atoms with Crippen LogP contribution < -0.4 is 0 Å². The lowest BCUT2D eigenvalue weighted by molar-refractivity contribution is 0.0297. The third-order valence-corrected chi connectivity index (χ3v) is 3.38. The maximum Gasteiger partial charge on any atom is 0.241 e. The van der Waals surface area contributed by atoms with Crippen LogP contribution in [0.4, 0.5) is 0 Å². The smallest absolute Gasteiger partial charge is 0.241 e. The highest BCUT2D eigenvalue weighted by Gasteiger charge is 2.16. The number of morpholine rings is 1. The van der Waals surface area contributed by atoms with E-state index in [0.717, 1.165) is 31.9 Å². The van der Waals surface area contributed by atoms with Crippen molar-refractivity contribution in [3.63, 3.8) is 0 Å². The van der Waals surface area contributed by atoms with E-state index in [1.165, 1.54) is 0 Å². The summed E-state index contributed by atoms with van der Waals surface area (Å²) in [5.41, 5.74) is 0.793. The molecule has 2 aromatic rings. The minimum atomic E-state index is 0.536. The van der Waals surface area contributed by atoms with E-state index in [2.05, 4.69) is 15.0 Å². The molecule has 1 aromatic heterocycles. The van der Waals surface area contributed by atoms with E-state index in [1.54, 1.807) is 0 Å². The molecule has 0 N–H and O–H groups in total. The monoisotopic (exact) mass is 279 g/mol. The van der Waals surface area contributed by atoms with Gasteiger partial charge in [0.05, 0.1) is 24.8 Å². The van der Waals surface area contributed by atoms with Crippen molar-refractivity contribution in [3.8, 4) is 11.4 Å². The van der Waals surface area contributed by atoms with Crippen molar-refractivity contribution in [2.75, 3.05) is 26.3 Å². The second kappa shape index (κ2) is 5.69. The van der Waals surface area contributed by atoms with Gasteiger partial charge in [0.25, 0.3) is 0 Å². The zero-order valence-electron chi connectivity index (χ0n) is 10.4. The van der Waals surface area contributed by atoms with E-state index in [4.69, 9.17) is 20.9 Å². The fraction of sp³-hybridized carbons (Fsp3) is 0.385. The van der Waals surface area contributed by atoms with E-state index in [0.29, 0.717) is 23.3 Å². The van der Waals surface area contributed by atoms with E-state index >= 15 is 0 Å². The van der Waals surface area contributed by atoms with Gasteiger partial charge < -0.3 is 9.26 Å². The number of halogens is 1. The number of nitrogens with zero attached hydrogens (tertiary/aromatic N) is 3. The predicted octanol–water partition coefficient (Wildman–Crippen LogP) is 2.22. The van der Waals surface area contributed by atoms with E-state index in [9.17, 15) is 0 Å². The number of rotatable bonds is 3. The highest BCUT2D eigenvalue weighted by Crippen LogP contribution is 2.25. The Balaban J connectivity index is 1.74. The fourth-order valence-electron chi connectivity index (χ4n) is 2.02. The fourth-order valence-corrected chi connectivity index (χ4v) is 2.24. The second-order valence-electron chi connectivity index (χ2n) is 4.38. The molecule has 2 heterocycles. The number of benzene rings is 1. The molecule has 0 spiro atoms. The number of hydrogen-bond acceptors (Lipinski definition) is 5. The first-order chi connectivity index (χ1) is 9.33. The van der Waals surface area contributed by atoms with Crippen molar-refractivity contribution in [1.82, 2.24) is 15.0 Å². The van der Waals surface area contributed by atoms with Crippen LogP contribution in [0.1, 0.15) is 5.89 Å². The summed E-state index contributed by atoms with van der Waals surface area (Å²) in [6.45, 7) is 3.95. The average Bonchev–Trinajstić information content (AvgIpc) is 2.89. The van der Waals surface area contributed by atoms with Gasteiger partial charge in [0.1, 0.15) is 0 Å². The molecule has 0 radical (unpaired) electrons. The molecule has 6 heteroatoms. The van der Waals surface area contributed by atoms with E-state index < -0.39 is 0 Å². The second-order valence-corrected chi connectivity index (χ2v) is 4.79. The molecule has 0 saturated carbocycles. The highest BCUT2D eigenvalue weighted by atomic mass is 35.5. The van der Waals surface area contributed by atoms with Gasteiger partial charge in [-0.2, -0.15) is 4.98 Å². The van der Waals surface area contributed by atoms with Crippen molar-refractivity contribution in [1.29, 1.82) is 0 Å². The summed E-state index contributed by atoms with van der Waals surface area (Å²) in [5, 5.41) is 4.61. The first kappa shape index (κ1) is 12.6. The van der Waals surface area contributed by atoms with Crippen LogP contribution in [0.2, 0.25) is 5.02 Å². The Labute approximate surface area is 116 Å². The minimum absolute atomic E-state index is 0.536. The van der Waals surface area contributed by atoms with Gasteiger partial charge >= 0.3 is 0 Å². The first-order valence-corrected chi connectivity index (χ1v) is 6.58. The molecule has 1 aromatic carbocycles.